The van der Waals surface area contributed by atoms with Gasteiger partial charge in [0.15, 0.2) is 0 Å². The number of fused-ring (bicyclic) bond motifs is 1. The molecule has 1 N–H and O–H groups in total. The van der Waals surface area contributed by atoms with Gasteiger partial charge in [-0.3, -0.25) is 0 Å². The molecule has 24 heavy (non-hydrogen) atoms. The van der Waals surface area contributed by atoms with Gasteiger partial charge in [-0.2, -0.15) is 4.98 Å². The summed E-state index contributed by atoms with van der Waals surface area (Å²) in [4.78, 5) is 11.3. The van der Waals surface area contributed by atoms with Crippen molar-refractivity contribution in [1.29, 1.82) is 0 Å². The summed E-state index contributed by atoms with van der Waals surface area (Å²) in [7, 11) is 1.66. The fourth-order valence-corrected chi connectivity index (χ4v) is 2.49. The molecule has 2 aromatic rings. The van der Waals surface area contributed by atoms with Crippen molar-refractivity contribution < 1.29 is 9.47 Å². The molecule has 0 bridgehead atoms. The van der Waals surface area contributed by atoms with Crippen molar-refractivity contribution >= 4 is 23.5 Å². The summed E-state index contributed by atoms with van der Waals surface area (Å²) in [5, 5.41) is 3.24. The molecule has 126 valence electrons. The molecule has 0 saturated heterocycles. The Hall–Kier alpha value is -2.60. The molecule has 6 nitrogen and oxygen atoms in total. The smallest absolute Gasteiger partial charge is 0.229 e. The van der Waals surface area contributed by atoms with Gasteiger partial charge in [0.05, 0.1) is 6.61 Å². The van der Waals surface area contributed by atoms with E-state index >= 15 is 0 Å². The van der Waals surface area contributed by atoms with Gasteiger partial charge < -0.3 is 19.7 Å². The van der Waals surface area contributed by atoms with Gasteiger partial charge in [-0.05, 0) is 31.2 Å². The summed E-state index contributed by atoms with van der Waals surface area (Å²) in [5.74, 6) is 2.37. The molecule has 1 aromatic heterocycles. The molecule has 1 aliphatic rings. The first-order valence-corrected chi connectivity index (χ1v) is 8.07. The summed E-state index contributed by atoms with van der Waals surface area (Å²) in [6, 6.07) is 7.72. The first-order chi connectivity index (χ1) is 11.8. The Bertz CT molecular complexity index is 701. The third-order valence-corrected chi connectivity index (χ3v) is 3.77. The van der Waals surface area contributed by atoms with E-state index in [-0.39, 0.29) is 0 Å². The Kier molecular flexibility index (Phi) is 5.28. The van der Waals surface area contributed by atoms with Crippen LogP contribution in [0.15, 0.2) is 36.5 Å². The number of nitrogens with one attached hydrogen (secondary N) is 1. The normalized spacial score (nSPS) is 12.8. The third kappa shape index (κ3) is 3.83. The first-order valence-electron chi connectivity index (χ1n) is 8.07. The highest BCUT2D eigenvalue weighted by molar-refractivity contribution is 5.69. The first kappa shape index (κ1) is 16.3. The standard InChI is InChI=1S/C18H22N4O2/c1-3-22-10-4-5-14-13-19-18(21-17(14)22)20-15-6-8-16(9-7-15)24-12-11-23-2/h4-9,13H,3,10-12H2,1-2H3,(H,19,20,21). The number of methoxy groups -OCH3 is 1. The fraction of sp³-hybridized carbons (Fsp3) is 0.333. The summed E-state index contributed by atoms with van der Waals surface area (Å²) >= 11 is 0. The lowest BCUT2D eigenvalue weighted by Crippen LogP contribution is -2.27. The SMILES string of the molecule is CCN1CC=Cc2cnc(Nc3ccc(OCCOC)cc3)nc21. The molecule has 0 radical (unpaired) electrons. The van der Waals surface area contributed by atoms with E-state index in [0.717, 1.165) is 35.9 Å². The maximum Gasteiger partial charge on any atom is 0.229 e. The topological polar surface area (TPSA) is 59.5 Å². The molecule has 0 unspecified atom stereocenters. The largest absolute Gasteiger partial charge is 0.491 e. The van der Waals surface area contributed by atoms with Crippen LogP contribution in [0.3, 0.4) is 0 Å². The lowest BCUT2D eigenvalue weighted by Gasteiger charge is -2.25. The van der Waals surface area contributed by atoms with Crippen LogP contribution in [-0.4, -0.2) is 43.4 Å². The molecule has 0 spiro atoms. The molecule has 0 saturated carbocycles. The highest BCUT2D eigenvalue weighted by atomic mass is 16.5. The van der Waals surface area contributed by atoms with Crippen molar-refractivity contribution in [2.24, 2.45) is 0 Å². The van der Waals surface area contributed by atoms with Crippen molar-refractivity contribution in [2.45, 2.75) is 6.92 Å². The third-order valence-electron chi connectivity index (χ3n) is 3.77. The minimum Gasteiger partial charge on any atom is -0.491 e. The van der Waals surface area contributed by atoms with Crippen molar-refractivity contribution in [3.63, 3.8) is 0 Å². The molecule has 0 atom stereocenters. The van der Waals surface area contributed by atoms with E-state index in [1.54, 1.807) is 7.11 Å². The second-order valence-electron chi connectivity index (χ2n) is 5.40. The fourth-order valence-electron chi connectivity index (χ4n) is 2.49. The maximum atomic E-state index is 5.56. The van der Waals surface area contributed by atoms with Gasteiger partial charge in [0, 0.05) is 37.6 Å². The van der Waals surface area contributed by atoms with Crippen molar-refractivity contribution in [3.8, 4) is 5.75 Å². The van der Waals surface area contributed by atoms with Crippen LogP contribution in [0.1, 0.15) is 12.5 Å². The molecule has 2 heterocycles. The highest BCUT2D eigenvalue weighted by Gasteiger charge is 2.14. The quantitative estimate of drug-likeness (QED) is 0.789. The maximum absolute atomic E-state index is 5.56. The van der Waals surface area contributed by atoms with Gasteiger partial charge in [-0.1, -0.05) is 12.2 Å². The number of benzene rings is 1. The van der Waals surface area contributed by atoms with Crippen LogP contribution in [0, 0.1) is 0 Å². The number of hydrogen-bond donors (Lipinski definition) is 1. The molecule has 0 fully saturated rings. The van der Waals surface area contributed by atoms with E-state index < -0.39 is 0 Å². The minimum absolute atomic E-state index is 0.539. The summed E-state index contributed by atoms with van der Waals surface area (Å²) in [6.07, 6.45) is 6.05. The molecule has 3 rings (SSSR count). The van der Waals surface area contributed by atoms with E-state index in [1.165, 1.54) is 0 Å². The van der Waals surface area contributed by atoms with Crippen molar-refractivity contribution in [1.82, 2.24) is 9.97 Å². The zero-order valence-corrected chi connectivity index (χ0v) is 14.0. The second-order valence-corrected chi connectivity index (χ2v) is 5.40. The average Bonchev–Trinajstić information content (AvgIpc) is 2.63. The second kappa shape index (κ2) is 7.79. The number of likely N-dealkylation sites (N-methyl/N-ethyl adjacent to an activating group) is 1. The average molecular weight is 326 g/mol. The van der Waals surface area contributed by atoms with Crippen LogP contribution in [0.5, 0.6) is 5.75 Å². The van der Waals surface area contributed by atoms with Gasteiger partial charge in [0.1, 0.15) is 18.2 Å². The molecule has 6 heteroatoms. The van der Waals surface area contributed by atoms with Crippen molar-refractivity contribution in [3.05, 3.63) is 42.1 Å². The predicted molar refractivity (Wildman–Crippen MR) is 96.0 cm³/mol. The van der Waals surface area contributed by atoms with Gasteiger partial charge in [-0.25, -0.2) is 4.98 Å². The van der Waals surface area contributed by atoms with Crippen LogP contribution < -0.4 is 15.0 Å². The van der Waals surface area contributed by atoms with E-state index in [2.05, 4.69) is 39.3 Å². The Balaban J connectivity index is 1.69. The van der Waals surface area contributed by atoms with Gasteiger partial charge in [0.2, 0.25) is 5.95 Å². The number of aromatic nitrogens is 2. The zero-order valence-electron chi connectivity index (χ0n) is 14.0. The summed E-state index contributed by atoms with van der Waals surface area (Å²) in [6.45, 7) is 5.04. The number of anilines is 3. The molecule has 1 aromatic carbocycles. The van der Waals surface area contributed by atoms with Crippen LogP contribution in [0.2, 0.25) is 0 Å². The predicted octanol–water partition coefficient (Wildman–Crippen LogP) is 3.10. The summed E-state index contributed by atoms with van der Waals surface area (Å²) < 4.78 is 10.5. The van der Waals surface area contributed by atoms with Crippen LogP contribution in [-0.2, 0) is 4.74 Å². The molecule has 0 amide bonds. The molecular formula is C18H22N4O2. The molecular weight excluding hydrogens is 304 g/mol. The van der Waals surface area contributed by atoms with E-state index in [9.17, 15) is 0 Å². The number of ether oxygens (including phenoxy) is 2. The van der Waals surface area contributed by atoms with Gasteiger partial charge in [-0.15, -0.1) is 0 Å². The molecule has 1 aliphatic heterocycles. The van der Waals surface area contributed by atoms with Crippen LogP contribution in [0.4, 0.5) is 17.5 Å². The van der Waals surface area contributed by atoms with Gasteiger partial charge >= 0.3 is 0 Å². The van der Waals surface area contributed by atoms with Crippen LogP contribution in [0.25, 0.3) is 6.08 Å². The van der Waals surface area contributed by atoms with E-state index in [4.69, 9.17) is 9.47 Å². The Morgan fingerprint density at radius 2 is 2.04 bits per heavy atom. The Morgan fingerprint density at radius 3 is 2.79 bits per heavy atom. The monoisotopic (exact) mass is 326 g/mol. The summed E-state index contributed by atoms with van der Waals surface area (Å²) in [5.41, 5.74) is 1.97. The molecule has 0 aliphatic carbocycles. The minimum atomic E-state index is 0.539. The highest BCUT2D eigenvalue weighted by Crippen LogP contribution is 2.25. The lowest BCUT2D eigenvalue weighted by molar-refractivity contribution is 0.146. The van der Waals surface area contributed by atoms with Gasteiger partial charge in [0.25, 0.3) is 0 Å². The van der Waals surface area contributed by atoms with E-state index in [1.807, 2.05) is 30.5 Å². The van der Waals surface area contributed by atoms with Crippen LogP contribution >= 0.6 is 0 Å². The van der Waals surface area contributed by atoms with Crippen molar-refractivity contribution in [2.75, 3.05) is 43.6 Å². The number of rotatable bonds is 7. The Morgan fingerprint density at radius 1 is 1.21 bits per heavy atom. The number of nitrogens with zero attached hydrogens (tertiary/aromatic N) is 3. The zero-order chi connectivity index (χ0) is 16.8. The number of hydrogen-bond acceptors (Lipinski definition) is 6. The van der Waals surface area contributed by atoms with E-state index in [0.29, 0.717) is 19.2 Å². The Labute approximate surface area is 142 Å². The lowest BCUT2D eigenvalue weighted by atomic mass is 10.2.